The van der Waals surface area contributed by atoms with E-state index in [1.165, 1.54) is 18.2 Å². The molecular weight excluding hydrogens is 288 g/mol. The van der Waals surface area contributed by atoms with Crippen LogP contribution in [0.3, 0.4) is 0 Å². The van der Waals surface area contributed by atoms with Crippen molar-refractivity contribution in [2.75, 3.05) is 13.7 Å². The first kappa shape index (κ1) is 17.8. The Morgan fingerprint density at radius 1 is 1.35 bits per heavy atom. The highest BCUT2D eigenvalue weighted by atomic mass is 16.5. The van der Waals surface area contributed by atoms with Gasteiger partial charge in [0.2, 0.25) is 0 Å². The minimum absolute atomic E-state index is 0.0500. The van der Waals surface area contributed by atoms with E-state index >= 15 is 0 Å². The van der Waals surface area contributed by atoms with Crippen LogP contribution >= 0.6 is 0 Å². The minimum Gasteiger partial charge on any atom is -0.494 e. The van der Waals surface area contributed by atoms with Crippen molar-refractivity contribution >= 4 is 5.97 Å². The number of hydrogen-bond acceptors (Lipinski definition) is 3. The van der Waals surface area contributed by atoms with Crippen LogP contribution < -0.4 is 4.74 Å². The van der Waals surface area contributed by atoms with Gasteiger partial charge in [-0.15, -0.1) is 0 Å². The van der Waals surface area contributed by atoms with Gasteiger partial charge in [0.1, 0.15) is 5.75 Å². The zero-order valence-corrected chi connectivity index (χ0v) is 15.3. The standard InChI is InChI=1S/C20H30O3/c1-7-23-18-9-8-14(12-17(18)20(3,4)5)13(2)10-15-11-16(15)19(21)22-6/h8-9,12-13,15-16H,7,10-11H2,1-6H3. The summed E-state index contributed by atoms with van der Waals surface area (Å²) >= 11 is 0. The largest absolute Gasteiger partial charge is 0.494 e. The van der Waals surface area contributed by atoms with Crippen LogP contribution in [0.25, 0.3) is 0 Å². The molecule has 2 rings (SSSR count). The molecule has 128 valence electrons. The van der Waals surface area contributed by atoms with E-state index in [0.29, 0.717) is 18.4 Å². The van der Waals surface area contributed by atoms with E-state index in [-0.39, 0.29) is 17.3 Å². The average molecular weight is 318 g/mol. The topological polar surface area (TPSA) is 35.5 Å². The van der Waals surface area contributed by atoms with Crippen LogP contribution in [-0.4, -0.2) is 19.7 Å². The fraction of sp³-hybridized carbons (Fsp3) is 0.650. The number of ether oxygens (including phenoxy) is 2. The van der Waals surface area contributed by atoms with Gasteiger partial charge in [-0.3, -0.25) is 4.79 Å². The van der Waals surface area contributed by atoms with Gasteiger partial charge in [-0.1, -0.05) is 39.8 Å². The lowest BCUT2D eigenvalue weighted by atomic mass is 9.83. The third-order valence-electron chi connectivity index (χ3n) is 4.76. The fourth-order valence-corrected chi connectivity index (χ4v) is 3.26. The number of carbonyl (C=O) groups is 1. The second-order valence-corrected chi connectivity index (χ2v) is 7.70. The summed E-state index contributed by atoms with van der Waals surface area (Å²) < 4.78 is 10.6. The number of rotatable bonds is 6. The number of carbonyl (C=O) groups excluding carboxylic acids is 1. The lowest BCUT2D eigenvalue weighted by molar-refractivity contribution is -0.142. The monoisotopic (exact) mass is 318 g/mol. The van der Waals surface area contributed by atoms with Gasteiger partial charge in [0.05, 0.1) is 19.6 Å². The van der Waals surface area contributed by atoms with E-state index in [4.69, 9.17) is 9.47 Å². The number of esters is 1. The van der Waals surface area contributed by atoms with E-state index in [1.807, 2.05) is 6.92 Å². The predicted molar refractivity (Wildman–Crippen MR) is 93.0 cm³/mol. The van der Waals surface area contributed by atoms with Gasteiger partial charge in [-0.25, -0.2) is 0 Å². The summed E-state index contributed by atoms with van der Waals surface area (Å²) in [5, 5.41) is 0. The van der Waals surface area contributed by atoms with Crippen LogP contribution in [-0.2, 0) is 14.9 Å². The Kier molecular flexibility index (Phi) is 5.38. The molecule has 3 unspecified atom stereocenters. The molecular formula is C20H30O3. The molecule has 1 aliphatic rings. The molecule has 1 fully saturated rings. The molecule has 1 aromatic carbocycles. The summed E-state index contributed by atoms with van der Waals surface area (Å²) in [5.41, 5.74) is 2.63. The molecule has 23 heavy (non-hydrogen) atoms. The van der Waals surface area contributed by atoms with Gasteiger partial charge in [-0.2, -0.15) is 0 Å². The quantitative estimate of drug-likeness (QED) is 0.714. The first-order chi connectivity index (χ1) is 10.8. The molecule has 1 aliphatic carbocycles. The van der Waals surface area contributed by atoms with E-state index in [1.54, 1.807) is 0 Å². The van der Waals surface area contributed by atoms with Crippen molar-refractivity contribution in [2.24, 2.45) is 11.8 Å². The van der Waals surface area contributed by atoms with Gasteiger partial charge in [-0.05, 0) is 54.2 Å². The van der Waals surface area contributed by atoms with Crippen LogP contribution in [0.5, 0.6) is 5.75 Å². The molecule has 0 aromatic heterocycles. The molecule has 3 nitrogen and oxygen atoms in total. The smallest absolute Gasteiger partial charge is 0.308 e. The van der Waals surface area contributed by atoms with Crippen molar-refractivity contribution in [3.8, 4) is 5.75 Å². The summed E-state index contributed by atoms with van der Waals surface area (Å²) in [5.74, 6) is 1.96. The molecule has 1 saturated carbocycles. The maximum absolute atomic E-state index is 11.6. The molecule has 0 N–H and O–H groups in total. The molecule has 0 aliphatic heterocycles. The maximum atomic E-state index is 11.6. The van der Waals surface area contributed by atoms with E-state index in [2.05, 4.69) is 45.9 Å². The van der Waals surface area contributed by atoms with Crippen LogP contribution in [0.2, 0.25) is 0 Å². The Morgan fingerprint density at radius 2 is 2.04 bits per heavy atom. The molecule has 3 atom stereocenters. The Labute approximate surface area is 140 Å². The fourth-order valence-electron chi connectivity index (χ4n) is 3.26. The number of methoxy groups -OCH3 is 1. The molecule has 0 bridgehead atoms. The maximum Gasteiger partial charge on any atom is 0.308 e. The van der Waals surface area contributed by atoms with Gasteiger partial charge in [0.25, 0.3) is 0 Å². The zero-order chi connectivity index (χ0) is 17.2. The van der Waals surface area contributed by atoms with Crippen LogP contribution in [0.4, 0.5) is 0 Å². The highest BCUT2D eigenvalue weighted by Crippen LogP contribution is 2.46. The molecule has 3 heteroatoms. The summed E-state index contributed by atoms with van der Waals surface area (Å²) in [6.07, 6.45) is 2.01. The lowest BCUT2D eigenvalue weighted by Crippen LogP contribution is -2.14. The molecule has 0 heterocycles. The first-order valence-electron chi connectivity index (χ1n) is 8.63. The summed E-state index contributed by atoms with van der Waals surface area (Å²) in [6, 6.07) is 6.55. The SMILES string of the molecule is CCOc1ccc(C(C)CC2CC2C(=O)OC)cc1C(C)(C)C. The van der Waals surface area contributed by atoms with Crippen molar-refractivity contribution in [3.05, 3.63) is 29.3 Å². The lowest BCUT2D eigenvalue weighted by Gasteiger charge is -2.25. The Bertz CT molecular complexity index is 556. The first-order valence-corrected chi connectivity index (χ1v) is 8.63. The van der Waals surface area contributed by atoms with Crippen molar-refractivity contribution in [3.63, 3.8) is 0 Å². The van der Waals surface area contributed by atoms with Crippen molar-refractivity contribution in [1.29, 1.82) is 0 Å². The second-order valence-electron chi connectivity index (χ2n) is 7.70. The van der Waals surface area contributed by atoms with E-state index in [0.717, 1.165) is 18.6 Å². The van der Waals surface area contributed by atoms with Crippen molar-refractivity contribution in [1.82, 2.24) is 0 Å². The third-order valence-corrected chi connectivity index (χ3v) is 4.76. The van der Waals surface area contributed by atoms with E-state index in [9.17, 15) is 4.79 Å². The predicted octanol–water partition coefficient (Wildman–Crippen LogP) is 4.69. The molecule has 0 saturated heterocycles. The summed E-state index contributed by atoms with van der Waals surface area (Å²) in [6.45, 7) is 11.6. The molecule has 0 radical (unpaired) electrons. The van der Waals surface area contributed by atoms with Crippen molar-refractivity contribution in [2.45, 2.75) is 58.8 Å². The summed E-state index contributed by atoms with van der Waals surface area (Å²) in [7, 11) is 1.48. The third kappa shape index (κ3) is 4.27. The zero-order valence-electron chi connectivity index (χ0n) is 15.3. The average Bonchev–Trinajstić information content (AvgIpc) is 3.25. The Morgan fingerprint density at radius 3 is 2.61 bits per heavy atom. The highest BCUT2D eigenvalue weighted by molar-refractivity contribution is 5.75. The molecule has 0 spiro atoms. The second kappa shape index (κ2) is 6.94. The van der Waals surface area contributed by atoms with E-state index < -0.39 is 0 Å². The molecule has 0 amide bonds. The van der Waals surface area contributed by atoms with Gasteiger partial charge in [0, 0.05) is 0 Å². The highest BCUT2D eigenvalue weighted by Gasteiger charge is 2.44. The normalized spacial score (nSPS) is 21.7. The van der Waals surface area contributed by atoms with Gasteiger partial charge >= 0.3 is 5.97 Å². The van der Waals surface area contributed by atoms with Crippen molar-refractivity contribution < 1.29 is 14.3 Å². The summed E-state index contributed by atoms with van der Waals surface area (Å²) in [4.78, 5) is 11.6. The number of hydrogen-bond donors (Lipinski definition) is 0. The van der Waals surface area contributed by atoms with Crippen LogP contribution in [0, 0.1) is 11.8 Å². The minimum atomic E-state index is -0.0516. The van der Waals surface area contributed by atoms with Crippen LogP contribution in [0.15, 0.2) is 18.2 Å². The van der Waals surface area contributed by atoms with Gasteiger partial charge < -0.3 is 9.47 Å². The Hall–Kier alpha value is -1.51. The Balaban J connectivity index is 2.12. The molecule has 1 aromatic rings. The van der Waals surface area contributed by atoms with Gasteiger partial charge in [0.15, 0.2) is 0 Å². The number of benzene rings is 1. The van der Waals surface area contributed by atoms with Crippen LogP contribution in [0.1, 0.15) is 64.5 Å².